The molecule has 0 atom stereocenters. The Balaban J connectivity index is 2.19. The molecule has 0 amide bonds. The van der Waals surface area contributed by atoms with Crippen LogP contribution in [0.4, 0.5) is 5.69 Å². The Kier molecular flexibility index (Phi) is 3.06. The fourth-order valence-electron chi connectivity index (χ4n) is 2.06. The molecule has 0 fully saturated rings. The topological polar surface area (TPSA) is 88.8 Å². The Bertz CT molecular complexity index is 906. The van der Waals surface area contributed by atoms with Gasteiger partial charge in [-0.2, -0.15) is 0 Å². The Hall–Kier alpha value is -2.89. The molecule has 0 unspecified atom stereocenters. The maximum absolute atomic E-state index is 11.5. The highest BCUT2D eigenvalue weighted by Gasteiger charge is 2.11. The van der Waals surface area contributed by atoms with Gasteiger partial charge in [-0.1, -0.05) is 5.16 Å². The van der Waals surface area contributed by atoms with E-state index in [1.165, 1.54) is 18.3 Å². The summed E-state index contributed by atoms with van der Waals surface area (Å²) in [5.41, 5.74) is 1.22. The zero-order chi connectivity index (χ0) is 15.0. The minimum absolute atomic E-state index is 0.0762. The molecule has 2 aromatic heterocycles. The van der Waals surface area contributed by atoms with E-state index in [0.29, 0.717) is 11.5 Å². The predicted molar refractivity (Wildman–Crippen MR) is 77.4 cm³/mol. The van der Waals surface area contributed by atoms with Gasteiger partial charge in [0, 0.05) is 17.5 Å². The van der Waals surface area contributed by atoms with E-state index in [9.17, 15) is 9.90 Å². The lowest BCUT2D eigenvalue weighted by atomic mass is 10.1. The molecular weight excluding hydrogens is 272 g/mol. The van der Waals surface area contributed by atoms with Crippen molar-refractivity contribution in [2.75, 3.05) is 0 Å². The predicted octanol–water partition coefficient (Wildman–Crippen LogP) is 2.85. The highest BCUT2D eigenvalue weighted by molar-refractivity contribution is 5.94. The van der Waals surface area contributed by atoms with Gasteiger partial charge in [-0.15, -0.1) is 0 Å². The van der Waals surface area contributed by atoms with Gasteiger partial charge in [0.1, 0.15) is 22.9 Å². The van der Waals surface area contributed by atoms with Crippen LogP contribution in [0.15, 0.2) is 43.0 Å². The second-order valence-corrected chi connectivity index (χ2v) is 4.68. The number of hydrogen-bond donors (Lipinski definition) is 1. The van der Waals surface area contributed by atoms with E-state index in [4.69, 9.17) is 8.94 Å². The van der Waals surface area contributed by atoms with Gasteiger partial charge in [-0.3, -0.25) is 0 Å². The summed E-state index contributed by atoms with van der Waals surface area (Å²) < 4.78 is 10.1. The Morgan fingerprint density at radius 2 is 2.10 bits per heavy atom. The van der Waals surface area contributed by atoms with Crippen LogP contribution in [0.1, 0.15) is 17.0 Å². The SMILES string of the molecule is Cc1cc(C=Nc2c(O)ccc3c(C)cc(=O)oc23)no1. The van der Waals surface area contributed by atoms with Crippen molar-refractivity contribution < 1.29 is 14.0 Å². The molecule has 0 saturated carbocycles. The van der Waals surface area contributed by atoms with Crippen molar-refractivity contribution in [3.63, 3.8) is 0 Å². The largest absolute Gasteiger partial charge is 0.506 e. The van der Waals surface area contributed by atoms with Gasteiger partial charge in [-0.25, -0.2) is 9.79 Å². The number of rotatable bonds is 2. The van der Waals surface area contributed by atoms with Gasteiger partial charge in [0.25, 0.3) is 0 Å². The molecular formula is C15H12N2O4. The molecule has 2 heterocycles. The fourth-order valence-corrected chi connectivity index (χ4v) is 2.06. The summed E-state index contributed by atoms with van der Waals surface area (Å²) in [6.07, 6.45) is 1.44. The first-order valence-corrected chi connectivity index (χ1v) is 6.28. The summed E-state index contributed by atoms with van der Waals surface area (Å²) in [7, 11) is 0. The first-order chi connectivity index (χ1) is 10.0. The summed E-state index contributed by atoms with van der Waals surface area (Å²) in [5.74, 6) is 0.577. The van der Waals surface area contributed by atoms with Gasteiger partial charge < -0.3 is 14.0 Å². The Labute approximate surface area is 119 Å². The highest BCUT2D eigenvalue weighted by Crippen LogP contribution is 2.35. The zero-order valence-corrected chi connectivity index (χ0v) is 11.5. The number of fused-ring (bicyclic) bond motifs is 1. The third kappa shape index (κ3) is 2.43. The second kappa shape index (κ2) is 4.90. The molecule has 0 aliphatic rings. The molecule has 3 aromatic rings. The second-order valence-electron chi connectivity index (χ2n) is 4.68. The molecule has 0 aliphatic heterocycles. The Morgan fingerprint density at radius 3 is 2.81 bits per heavy atom. The molecule has 0 spiro atoms. The number of aliphatic imine (C=N–C) groups is 1. The van der Waals surface area contributed by atoms with Crippen LogP contribution in [0.3, 0.4) is 0 Å². The Morgan fingerprint density at radius 1 is 1.29 bits per heavy atom. The van der Waals surface area contributed by atoms with Gasteiger partial charge in [-0.05, 0) is 31.5 Å². The summed E-state index contributed by atoms with van der Waals surface area (Å²) in [5, 5.41) is 14.4. The maximum Gasteiger partial charge on any atom is 0.336 e. The standard InChI is InChI=1S/C15H12N2O4/c1-8-5-13(19)20-15-11(8)3-4-12(18)14(15)16-7-10-6-9(2)21-17-10/h3-7,18H,1-2H3. The lowest BCUT2D eigenvalue weighted by Gasteiger charge is -2.04. The molecule has 3 rings (SSSR count). The third-order valence-electron chi connectivity index (χ3n) is 3.04. The molecule has 1 aromatic carbocycles. The van der Waals surface area contributed by atoms with E-state index in [0.717, 1.165) is 10.9 Å². The van der Waals surface area contributed by atoms with E-state index >= 15 is 0 Å². The normalized spacial score (nSPS) is 11.5. The van der Waals surface area contributed by atoms with Crippen molar-refractivity contribution in [1.29, 1.82) is 0 Å². The number of benzene rings is 1. The number of phenolic OH excluding ortho intramolecular Hbond substituents is 1. The number of aryl methyl sites for hydroxylation is 2. The van der Waals surface area contributed by atoms with E-state index < -0.39 is 5.63 Å². The molecule has 0 bridgehead atoms. The van der Waals surface area contributed by atoms with Crippen LogP contribution in [0, 0.1) is 13.8 Å². The van der Waals surface area contributed by atoms with Gasteiger partial charge in [0.15, 0.2) is 5.58 Å². The highest BCUT2D eigenvalue weighted by atomic mass is 16.5. The third-order valence-corrected chi connectivity index (χ3v) is 3.04. The summed E-state index contributed by atoms with van der Waals surface area (Å²) in [6.45, 7) is 3.56. The van der Waals surface area contributed by atoms with Crippen LogP contribution in [-0.4, -0.2) is 16.5 Å². The van der Waals surface area contributed by atoms with Crippen molar-refractivity contribution in [3.8, 4) is 5.75 Å². The first-order valence-electron chi connectivity index (χ1n) is 6.28. The smallest absolute Gasteiger partial charge is 0.336 e. The molecule has 21 heavy (non-hydrogen) atoms. The minimum Gasteiger partial charge on any atom is -0.506 e. The molecule has 0 radical (unpaired) electrons. The van der Waals surface area contributed by atoms with Crippen LogP contribution in [0.5, 0.6) is 5.75 Å². The first kappa shape index (κ1) is 13.1. The van der Waals surface area contributed by atoms with E-state index in [1.54, 1.807) is 26.0 Å². The van der Waals surface area contributed by atoms with Gasteiger partial charge >= 0.3 is 5.63 Å². The van der Waals surface area contributed by atoms with E-state index in [1.807, 2.05) is 0 Å². The lowest BCUT2D eigenvalue weighted by Crippen LogP contribution is -1.97. The van der Waals surface area contributed by atoms with Crippen molar-refractivity contribution in [2.24, 2.45) is 4.99 Å². The van der Waals surface area contributed by atoms with Crippen molar-refractivity contribution in [2.45, 2.75) is 13.8 Å². The van der Waals surface area contributed by atoms with Crippen molar-refractivity contribution in [3.05, 3.63) is 51.7 Å². The number of nitrogens with zero attached hydrogens (tertiary/aromatic N) is 2. The molecule has 0 aliphatic carbocycles. The molecule has 6 nitrogen and oxygen atoms in total. The minimum atomic E-state index is -0.487. The average Bonchev–Trinajstić information content (AvgIpc) is 2.83. The maximum atomic E-state index is 11.5. The van der Waals surface area contributed by atoms with Crippen LogP contribution in [0.2, 0.25) is 0 Å². The molecule has 106 valence electrons. The number of phenols is 1. The van der Waals surface area contributed by atoms with Crippen molar-refractivity contribution in [1.82, 2.24) is 5.16 Å². The fraction of sp³-hybridized carbons (Fsp3) is 0.133. The summed E-state index contributed by atoms with van der Waals surface area (Å²) >= 11 is 0. The van der Waals surface area contributed by atoms with Crippen molar-refractivity contribution >= 4 is 22.9 Å². The summed E-state index contributed by atoms with van der Waals surface area (Å²) in [4.78, 5) is 15.7. The van der Waals surface area contributed by atoms with Crippen LogP contribution in [0.25, 0.3) is 11.0 Å². The molecule has 0 saturated heterocycles. The van der Waals surface area contributed by atoms with Crippen LogP contribution < -0.4 is 5.63 Å². The lowest BCUT2D eigenvalue weighted by molar-refractivity contribution is 0.396. The summed E-state index contributed by atoms with van der Waals surface area (Å²) in [6, 6.07) is 6.29. The number of aromatic hydroxyl groups is 1. The van der Waals surface area contributed by atoms with Gasteiger partial charge in [0.2, 0.25) is 0 Å². The van der Waals surface area contributed by atoms with Crippen LogP contribution >= 0.6 is 0 Å². The number of aromatic nitrogens is 1. The van der Waals surface area contributed by atoms with E-state index in [-0.39, 0.29) is 17.0 Å². The monoisotopic (exact) mass is 284 g/mol. The average molecular weight is 284 g/mol. The quantitative estimate of drug-likeness (QED) is 0.577. The molecule has 1 N–H and O–H groups in total. The van der Waals surface area contributed by atoms with Crippen LogP contribution in [-0.2, 0) is 0 Å². The van der Waals surface area contributed by atoms with E-state index in [2.05, 4.69) is 10.1 Å². The number of hydrogen-bond acceptors (Lipinski definition) is 6. The van der Waals surface area contributed by atoms with Gasteiger partial charge in [0.05, 0.1) is 6.21 Å². The zero-order valence-electron chi connectivity index (χ0n) is 11.5. The molecule has 6 heteroatoms.